The van der Waals surface area contributed by atoms with Gasteiger partial charge in [-0.25, -0.2) is 8.42 Å². The Morgan fingerprint density at radius 1 is 1.19 bits per heavy atom. The zero-order valence-electron chi connectivity index (χ0n) is 14.6. The van der Waals surface area contributed by atoms with E-state index in [0.717, 1.165) is 11.3 Å². The summed E-state index contributed by atoms with van der Waals surface area (Å²) in [5, 5.41) is 13.5. The minimum absolute atomic E-state index is 0.0959. The summed E-state index contributed by atoms with van der Waals surface area (Å²) in [6.07, 6.45) is 0.889. The van der Waals surface area contributed by atoms with Gasteiger partial charge in [-0.05, 0) is 17.5 Å². The van der Waals surface area contributed by atoms with Crippen molar-refractivity contribution >= 4 is 55.4 Å². The van der Waals surface area contributed by atoms with Crippen LogP contribution in [0.1, 0.15) is 19.8 Å². The fourth-order valence-corrected chi connectivity index (χ4v) is 5.65. The van der Waals surface area contributed by atoms with Gasteiger partial charge in [0, 0.05) is 29.4 Å². The van der Waals surface area contributed by atoms with E-state index >= 15 is 0 Å². The number of sulfonamides is 1. The molecule has 3 rings (SSSR count). The maximum absolute atomic E-state index is 12.6. The van der Waals surface area contributed by atoms with Crippen LogP contribution in [-0.2, 0) is 14.8 Å². The molecule has 0 aliphatic heterocycles. The number of hydrogen-bond donors (Lipinski definition) is 2. The highest BCUT2D eigenvalue weighted by Crippen LogP contribution is 2.40. The number of ketones is 1. The quantitative estimate of drug-likeness (QED) is 0.400. The lowest BCUT2D eigenvalue weighted by Crippen LogP contribution is -2.12. The van der Waals surface area contributed by atoms with Crippen molar-refractivity contribution in [2.24, 2.45) is 0 Å². The van der Waals surface area contributed by atoms with Gasteiger partial charge in [-0.3, -0.25) is 9.52 Å². The Morgan fingerprint density at radius 3 is 2.59 bits per heavy atom. The zero-order chi connectivity index (χ0) is 19.4. The number of anilines is 1. The van der Waals surface area contributed by atoms with Crippen molar-refractivity contribution < 1.29 is 18.3 Å². The SMILES string of the molecule is CCC(=O)CCSc1cc(NS(=O)(=O)c2cccs2)c2ccccc2c1O. The van der Waals surface area contributed by atoms with Gasteiger partial charge in [0.1, 0.15) is 15.7 Å². The van der Waals surface area contributed by atoms with Crippen LogP contribution in [-0.4, -0.2) is 25.1 Å². The number of phenols is 1. The Bertz CT molecular complexity index is 1060. The predicted molar refractivity (Wildman–Crippen MR) is 111 cm³/mol. The van der Waals surface area contributed by atoms with E-state index in [2.05, 4.69) is 4.72 Å². The van der Waals surface area contributed by atoms with Crippen LogP contribution in [0.2, 0.25) is 0 Å². The number of phenolic OH excluding ortho intramolecular Hbond substituents is 1. The van der Waals surface area contributed by atoms with Gasteiger partial charge in [-0.2, -0.15) is 0 Å². The zero-order valence-corrected chi connectivity index (χ0v) is 17.1. The summed E-state index contributed by atoms with van der Waals surface area (Å²) < 4.78 is 28.1. The van der Waals surface area contributed by atoms with E-state index in [1.165, 1.54) is 11.8 Å². The number of thiophene rings is 1. The number of hydrogen-bond acceptors (Lipinski definition) is 6. The number of Topliss-reactive ketones (excluding diaryl/α,β-unsaturated/α-hetero) is 1. The number of carbonyl (C=O) groups excluding carboxylic acids is 1. The maximum atomic E-state index is 12.6. The highest BCUT2D eigenvalue weighted by molar-refractivity contribution is 7.99. The predicted octanol–water partition coefficient (Wildman–Crippen LogP) is 4.87. The fraction of sp³-hybridized carbons (Fsp3) is 0.211. The van der Waals surface area contributed by atoms with Gasteiger partial charge in [0.25, 0.3) is 10.0 Å². The molecule has 0 aliphatic rings. The number of benzene rings is 2. The van der Waals surface area contributed by atoms with Crippen molar-refractivity contribution in [3.63, 3.8) is 0 Å². The van der Waals surface area contributed by atoms with E-state index in [1.807, 2.05) is 6.92 Å². The van der Waals surface area contributed by atoms with Gasteiger partial charge in [0.05, 0.1) is 10.6 Å². The molecule has 3 aromatic rings. The van der Waals surface area contributed by atoms with Crippen molar-refractivity contribution in [3.05, 3.63) is 47.8 Å². The van der Waals surface area contributed by atoms with Crippen LogP contribution in [0.5, 0.6) is 5.75 Å². The van der Waals surface area contributed by atoms with Gasteiger partial charge in [0.15, 0.2) is 0 Å². The molecule has 8 heteroatoms. The number of rotatable bonds is 8. The first-order valence-corrected chi connectivity index (χ1v) is 11.7. The monoisotopic (exact) mass is 421 g/mol. The molecule has 1 heterocycles. The van der Waals surface area contributed by atoms with Crippen LogP contribution in [0, 0.1) is 0 Å². The average molecular weight is 422 g/mol. The van der Waals surface area contributed by atoms with Crippen LogP contribution >= 0.6 is 23.1 Å². The smallest absolute Gasteiger partial charge is 0.271 e. The molecule has 1 aromatic heterocycles. The molecule has 0 atom stereocenters. The molecule has 0 unspecified atom stereocenters. The molecular weight excluding hydrogens is 402 g/mol. The summed E-state index contributed by atoms with van der Waals surface area (Å²) in [5.74, 6) is 0.774. The number of fused-ring (bicyclic) bond motifs is 1. The summed E-state index contributed by atoms with van der Waals surface area (Å²) in [6, 6.07) is 11.9. The summed E-state index contributed by atoms with van der Waals surface area (Å²) in [5.41, 5.74) is 0.404. The second-order valence-corrected chi connectivity index (χ2v) is 9.84. The van der Waals surface area contributed by atoms with E-state index in [0.29, 0.717) is 39.9 Å². The second kappa shape index (κ2) is 8.33. The number of thioether (sulfide) groups is 1. The molecule has 0 spiro atoms. The van der Waals surface area contributed by atoms with E-state index in [1.54, 1.807) is 47.8 Å². The minimum atomic E-state index is -3.71. The third kappa shape index (κ3) is 4.45. The number of aromatic hydroxyl groups is 1. The normalized spacial score (nSPS) is 11.6. The first-order chi connectivity index (χ1) is 12.9. The maximum Gasteiger partial charge on any atom is 0.271 e. The number of carbonyl (C=O) groups is 1. The lowest BCUT2D eigenvalue weighted by molar-refractivity contribution is -0.118. The van der Waals surface area contributed by atoms with Crippen LogP contribution in [0.15, 0.2) is 56.9 Å². The second-order valence-electron chi connectivity index (χ2n) is 5.84. The molecule has 0 fully saturated rings. The molecule has 5 nitrogen and oxygen atoms in total. The average Bonchev–Trinajstić information content (AvgIpc) is 3.20. The lowest BCUT2D eigenvalue weighted by Gasteiger charge is -2.14. The van der Waals surface area contributed by atoms with Crippen molar-refractivity contribution in [2.45, 2.75) is 28.9 Å². The van der Waals surface area contributed by atoms with E-state index in [9.17, 15) is 18.3 Å². The number of nitrogens with one attached hydrogen (secondary N) is 1. The molecule has 0 aliphatic carbocycles. The molecule has 2 N–H and O–H groups in total. The summed E-state index contributed by atoms with van der Waals surface area (Å²) in [7, 11) is -3.71. The van der Waals surface area contributed by atoms with E-state index < -0.39 is 10.0 Å². The Morgan fingerprint density at radius 2 is 1.93 bits per heavy atom. The molecule has 0 bridgehead atoms. The van der Waals surface area contributed by atoms with Gasteiger partial charge in [-0.1, -0.05) is 37.3 Å². The third-order valence-corrected chi connectivity index (χ3v) is 7.81. The van der Waals surface area contributed by atoms with E-state index in [4.69, 9.17) is 0 Å². The topological polar surface area (TPSA) is 83.5 Å². The molecule has 142 valence electrons. The molecule has 2 aromatic carbocycles. The van der Waals surface area contributed by atoms with Gasteiger partial charge in [-0.15, -0.1) is 23.1 Å². The first kappa shape index (κ1) is 19.7. The van der Waals surface area contributed by atoms with Crippen molar-refractivity contribution in [1.82, 2.24) is 0 Å². The minimum Gasteiger partial charge on any atom is -0.506 e. The van der Waals surface area contributed by atoms with Gasteiger partial charge < -0.3 is 5.11 Å². The van der Waals surface area contributed by atoms with Gasteiger partial charge in [0.2, 0.25) is 0 Å². The first-order valence-electron chi connectivity index (χ1n) is 8.38. The van der Waals surface area contributed by atoms with Crippen LogP contribution in [0.3, 0.4) is 0 Å². The van der Waals surface area contributed by atoms with Crippen molar-refractivity contribution in [3.8, 4) is 5.75 Å². The molecule has 0 saturated heterocycles. The van der Waals surface area contributed by atoms with Crippen molar-refractivity contribution in [2.75, 3.05) is 10.5 Å². The van der Waals surface area contributed by atoms with Crippen LogP contribution in [0.4, 0.5) is 5.69 Å². The fourth-order valence-electron chi connectivity index (χ4n) is 2.59. The molecule has 0 amide bonds. The highest BCUT2D eigenvalue weighted by atomic mass is 32.2. The third-order valence-electron chi connectivity index (χ3n) is 4.02. The summed E-state index contributed by atoms with van der Waals surface area (Å²) in [6.45, 7) is 1.82. The summed E-state index contributed by atoms with van der Waals surface area (Å²) >= 11 is 2.48. The Balaban J connectivity index is 1.98. The van der Waals surface area contributed by atoms with Crippen LogP contribution < -0.4 is 4.72 Å². The largest absolute Gasteiger partial charge is 0.506 e. The Kier molecular flexibility index (Phi) is 6.08. The molecule has 0 saturated carbocycles. The standard InChI is InChI=1S/C19H19NO4S3/c1-2-13(21)9-11-25-17-12-16(14-6-3-4-7-15(14)19(17)22)20-27(23,24)18-8-5-10-26-18/h3-8,10,12,20,22H,2,9,11H2,1H3. The van der Waals surface area contributed by atoms with Gasteiger partial charge >= 0.3 is 0 Å². The lowest BCUT2D eigenvalue weighted by atomic mass is 10.1. The summed E-state index contributed by atoms with van der Waals surface area (Å²) in [4.78, 5) is 12.1. The van der Waals surface area contributed by atoms with Crippen molar-refractivity contribution in [1.29, 1.82) is 0 Å². The van der Waals surface area contributed by atoms with E-state index in [-0.39, 0.29) is 15.7 Å². The molecule has 0 radical (unpaired) electrons. The van der Waals surface area contributed by atoms with Crippen LogP contribution in [0.25, 0.3) is 10.8 Å². The molecule has 27 heavy (non-hydrogen) atoms. The molecular formula is C19H19NO4S3. The Hall–Kier alpha value is -2.03. The highest BCUT2D eigenvalue weighted by Gasteiger charge is 2.19. The Labute approximate surface area is 166 Å².